The molecule has 0 saturated carbocycles. The zero-order valence-corrected chi connectivity index (χ0v) is 11.0. The Hall–Kier alpha value is -2.76. The van der Waals surface area contributed by atoms with Crippen LogP contribution in [-0.4, -0.2) is 29.4 Å². The Morgan fingerprint density at radius 2 is 2.05 bits per heavy atom. The third-order valence-electron chi connectivity index (χ3n) is 3.29. The van der Waals surface area contributed by atoms with E-state index < -0.39 is 17.9 Å². The minimum atomic E-state index is -0.728. The predicted octanol–water partition coefficient (Wildman–Crippen LogP) is 1.37. The van der Waals surface area contributed by atoms with Crippen LogP contribution in [0.1, 0.15) is 10.4 Å². The average molecular weight is 285 g/mol. The van der Waals surface area contributed by atoms with E-state index in [1.807, 2.05) is 30.3 Å². The number of β-lactam (4-membered cyclic amide) rings is 1. The van der Waals surface area contributed by atoms with Crippen LogP contribution in [0.15, 0.2) is 48.7 Å². The summed E-state index contributed by atoms with van der Waals surface area (Å²) in [7, 11) is 0. The van der Waals surface area contributed by atoms with Gasteiger partial charge in [-0.1, -0.05) is 18.2 Å². The van der Waals surface area contributed by atoms with E-state index in [-0.39, 0.29) is 11.5 Å². The third-order valence-corrected chi connectivity index (χ3v) is 3.29. The second kappa shape index (κ2) is 5.32. The van der Waals surface area contributed by atoms with Crippen LogP contribution in [0.4, 0.5) is 10.1 Å². The minimum Gasteiger partial charge on any atom is -0.339 e. The van der Waals surface area contributed by atoms with Crippen molar-refractivity contribution in [3.8, 4) is 0 Å². The lowest BCUT2D eigenvalue weighted by Gasteiger charge is -2.38. The van der Waals surface area contributed by atoms with Gasteiger partial charge in [-0.3, -0.25) is 9.59 Å². The van der Waals surface area contributed by atoms with Crippen molar-refractivity contribution in [2.24, 2.45) is 0 Å². The summed E-state index contributed by atoms with van der Waals surface area (Å²) >= 11 is 0. The number of benzene rings is 1. The Bertz CT molecular complexity index is 690. The van der Waals surface area contributed by atoms with Crippen LogP contribution in [-0.2, 0) is 4.79 Å². The predicted molar refractivity (Wildman–Crippen MR) is 74.2 cm³/mol. The van der Waals surface area contributed by atoms with E-state index in [1.54, 1.807) is 4.90 Å². The summed E-state index contributed by atoms with van der Waals surface area (Å²) in [6.45, 7) is 0.405. The van der Waals surface area contributed by atoms with Crippen molar-refractivity contribution in [1.29, 1.82) is 0 Å². The fourth-order valence-electron chi connectivity index (χ4n) is 2.16. The maximum absolute atomic E-state index is 13.0. The second-order valence-electron chi connectivity index (χ2n) is 4.68. The lowest BCUT2D eigenvalue weighted by atomic mass is 10.1. The zero-order chi connectivity index (χ0) is 14.8. The number of anilines is 1. The number of pyridine rings is 1. The highest BCUT2D eigenvalue weighted by atomic mass is 19.1. The van der Waals surface area contributed by atoms with Gasteiger partial charge in [0.15, 0.2) is 0 Å². The molecule has 2 heterocycles. The molecule has 1 atom stereocenters. The van der Waals surface area contributed by atoms with Gasteiger partial charge < -0.3 is 10.2 Å². The quantitative estimate of drug-likeness (QED) is 0.684. The number of carbonyl (C=O) groups excluding carboxylic acids is 2. The van der Waals surface area contributed by atoms with Crippen LogP contribution in [0.2, 0.25) is 0 Å². The summed E-state index contributed by atoms with van der Waals surface area (Å²) in [5.41, 5.74) is 0.941. The number of aromatic nitrogens is 1. The Kier molecular flexibility index (Phi) is 3.35. The molecule has 1 unspecified atom stereocenters. The lowest BCUT2D eigenvalue weighted by Crippen LogP contribution is -2.64. The van der Waals surface area contributed by atoms with Gasteiger partial charge in [-0.25, -0.2) is 4.98 Å². The molecule has 1 saturated heterocycles. The number of hydrogen-bond acceptors (Lipinski definition) is 3. The van der Waals surface area contributed by atoms with Crippen LogP contribution in [0.25, 0.3) is 0 Å². The van der Waals surface area contributed by atoms with Gasteiger partial charge in [0.05, 0.1) is 6.54 Å². The molecule has 6 heteroatoms. The normalized spacial score (nSPS) is 17.3. The van der Waals surface area contributed by atoms with Gasteiger partial charge in [-0.15, -0.1) is 0 Å². The van der Waals surface area contributed by atoms with Crippen molar-refractivity contribution >= 4 is 17.5 Å². The SMILES string of the molecule is O=C(NC1CN(c2ccccc2)C1=O)c1ccnc(F)c1. The van der Waals surface area contributed by atoms with Crippen LogP contribution in [0.3, 0.4) is 0 Å². The van der Waals surface area contributed by atoms with Crippen molar-refractivity contribution in [3.63, 3.8) is 0 Å². The van der Waals surface area contributed by atoms with Gasteiger partial charge in [0.2, 0.25) is 5.95 Å². The highest BCUT2D eigenvalue weighted by Gasteiger charge is 2.38. The van der Waals surface area contributed by atoms with E-state index in [2.05, 4.69) is 10.3 Å². The zero-order valence-electron chi connectivity index (χ0n) is 11.0. The van der Waals surface area contributed by atoms with Crippen LogP contribution < -0.4 is 10.2 Å². The number of nitrogens with one attached hydrogen (secondary N) is 1. The van der Waals surface area contributed by atoms with Gasteiger partial charge in [0.25, 0.3) is 11.8 Å². The summed E-state index contributed by atoms with van der Waals surface area (Å²) in [6, 6.07) is 11.1. The molecule has 1 aromatic carbocycles. The Morgan fingerprint density at radius 1 is 1.29 bits per heavy atom. The molecule has 3 rings (SSSR count). The molecular formula is C15H12FN3O2. The van der Waals surface area contributed by atoms with Crippen LogP contribution in [0.5, 0.6) is 0 Å². The largest absolute Gasteiger partial charge is 0.339 e. The fourth-order valence-corrected chi connectivity index (χ4v) is 2.16. The van der Waals surface area contributed by atoms with Crippen LogP contribution >= 0.6 is 0 Å². The molecule has 2 aromatic rings. The second-order valence-corrected chi connectivity index (χ2v) is 4.68. The summed E-state index contributed by atoms with van der Waals surface area (Å²) < 4.78 is 13.0. The number of para-hydroxylation sites is 1. The molecule has 21 heavy (non-hydrogen) atoms. The molecule has 0 spiro atoms. The number of halogens is 1. The first-order chi connectivity index (χ1) is 10.1. The molecule has 1 aliphatic heterocycles. The lowest BCUT2D eigenvalue weighted by molar-refractivity contribution is -0.124. The van der Waals surface area contributed by atoms with E-state index in [0.29, 0.717) is 6.54 Å². The molecule has 0 radical (unpaired) electrons. The molecule has 5 nitrogen and oxygen atoms in total. The summed E-state index contributed by atoms with van der Waals surface area (Å²) in [5.74, 6) is -1.39. The Labute approximate surface area is 120 Å². The van der Waals surface area contributed by atoms with Crippen LogP contribution in [0, 0.1) is 5.95 Å². The molecule has 1 aliphatic rings. The molecule has 0 aliphatic carbocycles. The number of amides is 2. The number of carbonyl (C=O) groups is 2. The summed E-state index contributed by atoms with van der Waals surface area (Å²) in [5, 5.41) is 2.58. The van der Waals surface area contributed by atoms with Gasteiger partial charge >= 0.3 is 0 Å². The molecule has 2 amide bonds. The Morgan fingerprint density at radius 3 is 2.71 bits per heavy atom. The first-order valence-electron chi connectivity index (χ1n) is 6.44. The van der Waals surface area contributed by atoms with Gasteiger partial charge in [-0.05, 0) is 18.2 Å². The molecule has 0 bridgehead atoms. The maximum atomic E-state index is 13.0. The van der Waals surface area contributed by atoms with E-state index in [0.717, 1.165) is 11.8 Å². The van der Waals surface area contributed by atoms with Crippen molar-refractivity contribution in [3.05, 3.63) is 60.2 Å². The topological polar surface area (TPSA) is 62.3 Å². The maximum Gasteiger partial charge on any atom is 0.252 e. The van der Waals surface area contributed by atoms with Crippen molar-refractivity contribution in [2.45, 2.75) is 6.04 Å². The van der Waals surface area contributed by atoms with Crippen molar-refractivity contribution < 1.29 is 14.0 Å². The first-order valence-corrected chi connectivity index (χ1v) is 6.44. The summed E-state index contributed by atoms with van der Waals surface area (Å²) in [4.78, 5) is 28.9. The molecule has 1 aromatic heterocycles. The highest BCUT2D eigenvalue weighted by Crippen LogP contribution is 2.21. The van der Waals surface area contributed by atoms with E-state index in [9.17, 15) is 14.0 Å². The number of hydrogen-bond donors (Lipinski definition) is 1. The standard InChI is InChI=1S/C15H12FN3O2/c16-13-8-10(6-7-17-13)14(20)18-12-9-19(15(12)21)11-4-2-1-3-5-11/h1-8,12H,9H2,(H,18,20). The average Bonchev–Trinajstić information content (AvgIpc) is 2.51. The first kappa shape index (κ1) is 13.2. The minimum absolute atomic E-state index is 0.147. The number of rotatable bonds is 3. The van der Waals surface area contributed by atoms with Gasteiger partial charge in [0.1, 0.15) is 6.04 Å². The highest BCUT2D eigenvalue weighted by molar-refractivity contribution is 6.07. The Balaban J connectivity index is 1.63. The molecule has 1 N–H and O–H groups in total. The molecule has 1 fully saturated rings. The van der Waals surface area contributed by atoms with Crippen molar-refractivity contribution in [1.82, 2.24) is 10.3 Å². The number of nitrogens with zero attached hydrogens (tertiary/aromatic N) is 2. The smallest absolute Gasteiger partial charge is 0.252 e. The van der Waals surface area contributed by atoms with E-state index in [1.165, 1.54) is 12.3 Å². The molecular weight excluding hydrogens is 273 g/mol. The molecule has 106 valence electrons. The fraction of sp³-hybridized carbons (Fsp3) is 0.133. The van der Waals surface area contributed by atoms with E-state index in [4.69, 9.17) is 0 Å². The van der Waals surface area contributed by atoms with E-state index >= 15 is 0 Å². The van der Waals surface area contributed by atoms with Gasteiger partial charge in [0, 0.05) is 23.5 Å². The monoisotopic (exact) mass is 285 g/mol. The van der Waals surface area contributed by atoms with Crippen molar-refractivity contribution in [2.75, 3.05) is 11.4 Å². The van der Waals surface area contributed by atoms with Gasteiger partial charge in [-0.2, -0.15) is 4.39 Å². The third kappa shape index (κ3) is 2.60. The summed E-state index contributed by atoms with van der Waals surface area (Å²) in [6.07, 6.45) is 1.21.